The van der Waals surface area contributed by atoms with E-state index < -0.39 is 11.9 Å². The van der Waals surface area contributed by atoms with Gasteiger partial charge in [-0.15, -0.1) is 0 Å². The molecule has 7 heteroatoms. The number of aryl methyl sites for hydroxylation is 2. The Kier molecular flexibility index (Phi) is 5.26. The highest BCUT2D eigenvalue weighted by Crippen LogP contribution is 2.42. The predicted octanol–water partition coefficient (Wildman–Crippen LogP) is 2.87. The molecule has 0 radical (unpaired) electrons. The fraction of sp³-hybridized carbons (Fsp3) is 0.278. The first-order valence-corrected chi connectivity index (χ1v) is 7.41. The quantitative estimate of drug-likeness (QED) is 0.833. The van der Waals surface area contributed by atoms with E-state index in [-0.39, 0.29) is 22.4 Å². The van der Waals surface area contributed by atoms with Crippen molar-refractivity contribution in [3.8, 4) is 22.6 Å². The third-order valence-electron chi connectivity index (χ3n) is 3.83. The minimum absolute atomic E-state index is 0.0806. The minimum Gasteiger partial charge on any atom is -0.493 e. The number of methoxy groups -OCH3 is 3. The van der Waals surface area contributed by atoms with Crippen LogP contribution in [0.15, 0.2) is 18.2 Å². The highest BCUT2D eigenvalue weighted by molar-refractivity contribution is 6.07. The molecule has 0 aliphatic carbocycles. The van der Waals surface area contributed by atoms with Crippen molar-refractivity contribution in [3.63, 3.8) is 0 Å². The van der Waals surface area contributed by atoms with Crippen molar-refractivity contribution in [3.05, 3.63) is 40.7 Å². The molecule has 0 bridgehead atoms. The smallest absolute Gasteiger partial charge is 0.340 e. The van der Waals surface area contributed by atoms with Gasteiger partial charge in [0.25, 0.3) is 0 Å². The number of hydrogen-bond donors (Lipinski definition) is 1. The second kappa shape index (κ2) is 7.21. The lowest BCUT2D eigenvalue weighted by molar-refractivity contribution is 0.0600. The number of hydrogen-bond acceptors (Lipinski definition) is 6. The Morgan fingerprint density at radius 2 is 1.64 bits per heavy atom. The Bertz CT molecular complexity index is 844. The van der Waals surface area contributed by atoms with Crippen LogP contribution in [0.2, 0.25) is 0 Å². The molecule has 1 aromatic heterocycles. The Hall–Kier alpha value is -3.09. The summed E-state index contributed by atoms with van der Waals surface area (Å²) in [6, 6.07) is 5.03. The van der Waals surface area contributed by atoms with E-state index >= 15 is 0 Å². The number of carboxylic acid groups (broad SMARTS) is 1. The van der Waals surface area contributed by atoms with Gasteiger partial charge in [0.2, 0.25) is 0 Å². The second-order valence-corrected chi connectivity index (χ2v) is 5.25. The number of nitrogens with zero attached hydrogens (tertiary/aromatic N) is 1. The molecular weight excluding hydrogens is 326 g/mol. The van der Waals surface area contributed by atoms with Crippen molar-refractivity contribution < 1.29 is 28.9 Å². The number of benzene rings is 1. The summed E-state index contributed by atoms with van der Waals surface area (Å²) in [4.78, 5) is 28.4. The molecule has 0 amide bonds. The van der Waals surface area contributed by atoms with Gasteiger partial charge < -0.3 is 19.3 Å². The van der Waals surface area contributed by atoms with Crippen LogP contribution >= 0.6 is 0 Å². The molecule has 2 aromatic rings. The molecule has 0 atom stereocenters. The number of rotatable bonds is 5. The highest BCUT2D eigenvalue weighted by Gasteiger charge is 2.29. The summed E-state index contributed by atoms with van der Waals surface area (Å²) in [6.07, 6.45) is 0. The number of aromatic carboxylic acids is 1. The normalized spacial score (nSPS) is 10.3. The Morgan fingerprint density at radius 1 is 1.00 bits per heavy atom. The topological polar surface area (TPSA) is 95.0 Å². The summed E-state index contributed by atoms with van der Waals surface area (Å²) < 4.78 is 15.5. The Labute approximate surface area is 145 Å². The molecule has 25 heavy (non-hydrogen) atoms. The molecule has 1 N–H and O–H groups in total. The molecule has 0 saturated carbocycles. The molecular formula is C18H19NO6. The number of aromatic nitrogens is 1. The van der Waals surface area contributed by atoms with Gasteiger partial charge >= 0.3 is 11.9 Å². The fourth-order valence-electron chi connectivity index (χ4n) is 2.82. The van der Waals surface area contributed by atoms with E-state index in [0.29, 0.717) is 22.8 Å². The number of esters is 1. The maximum Gasteiger partial charge on any atom is 0.340 e. The molecule has 1 aromatic carbocycles. The number of para-hydroxylation sites is 1. The lowest BCUT2D eigenvalue weighted by Crippen LogP contribution is -2.15. The summed E-state index contributed by atoms with van der Waals surface area (Å²) in [5.41, 5.74) is 1.26. The van der Waals surface area contributed by atoms with Crippen LogP contribution in [0.25, 0.3) is 11.1 Å². The number of carbonyl (C=O) groups excluding carboxylic acids is 1. The Morgan fingerprint density at radius 3 is 2.16 bits per heavy atom. The third-order valence-corrected chi connectivity index (χ3v) is 3.83. The van der Waals surface area contributed by atoms with Crippen molar-refractivity contribution in [2.75, 3.05) is 21.3 Å². The molecule has 0 fully saturated rings. The SMILES string of the molecule is COC(=O)c1c(C)nc(C)c(C(=O)O)c1-c1cccc(OC)c1OC. The second-order valence-electron chi connectivity index (χ2n) is 5.25. The summed E-state index contributed by atoms with van der Waals surface area (Å²) >= 11 is 0. The van der Waals surface area contributed by atoms with Gasteiger partial charge in [-0.1, -0.05) is 12.1 Å². The molecule has 0 unspecified atom stereocenters. The number of pyridine rings is 1. The standard InChI is InChI=1S/C18H19NO6/c1-9-13(17(20)21)15(14(10(2)19-9)18(22)25-5)11-7-6-8-12(23-3)16(11)24-4/h6-8H,1-5H3,(H,20,21). The van der Waals surface area contributed by atoms with Crippen LogP contribution in [0, 0.1) is 13.8 Å². The van der Waals surface area contributed by atoms with Crippen LogP contribution in [-0.2, 0) is 4.74 Å². The largest absolute Gasteiger partial charge is 0.493 e. The highest BCUT2D eigenvalue weighted by atomic mass is 16.5. The van der Waals surface area contributed by atoms with Crippen LogP contribution in [0.1, 0.15) is 32.1 Å². The third kappa shape index (κ3) is 3.13. The summed E-state index contributed by atoms with van der Waals surface area (Å²) in [5.74, 6) is -1.13. The maximum atomic E-state index is 12.3. The average molecular weight is 345 g/mol. The zero-order valence-electron chi connectivity index (χ0n) is 14.7. The molecule has 0 aliphatic heterocycles. The van der Waals surface area contributed by atoms with Gasteiger partial charge in [-0.3, -0.25) is 4.98 Å². The number of ether oxygens (including phenoxy) is 3. The molecule has 0 spiro atoms. The molecule has 1 heterocycles. The van der Waals surface area contributed by atoms with E-state index in [9.17, 15) is 14.7 Å². The van der Waals surface area contributed by atoms with E-state index in [4.69, 9.17) is 14.2 Å². The number of carboxylic acids is 1. The van der Waals surface area contributed by atoms with Crippen molar-refractivity contribution in [1.82, 2.24) is 4.98 Å². The minimum atomic E-state index is -1.20. The average Bonchev–Trinajstić information content (AvgIpc) is 2.59. The van der Waals surface area contributed by atoms with Gasteiger partial charge in [0.15, 0.2) is 11.5 Å². The zero-order valence-corrected chi connectivity index (χ0v) is 14.7. The molecule has 7 nitrogen and oxygen atoms in total. The van der Waals surface area contributed by atoms with Crippen molar-refractivity contribution in [2.24, 2.45) is 0 Å². The van der Waals surface area contributed by atoms with Crippen LogP contribution in [0.5, 0.6) is 11.5 Å². The lowest BCUT2D eigenvalue weighted by Gasteiger charge is -2.19. The zero-order chi connectivity index (χ0) is 18.7. The number of carbonyl (C=O) groups is 2. The predicted molar refractivity (Wildman–Crippen MR) is 90.5 cm³/mol. The van der Waals surface area contributed by atoms with E-state index in [0.717, 1.165) is 0 Å². The summed E-state index contributed by atoms with van der Waals surface area (Å²) in [7, 11) is 4.15. The van der Waals surface area contributed by atoms with Crippen molar-refractivity contribution >= 4 is 11.9 Å². The molecule has 132 valence electrons. The van der Waals surface area contributed by atoms with Crippen LogP contribution in [0.4, 0.5) is 0 Å². The Balaban J connectivity index is 3.02. The monoisotopic (exact) mass is 345 g/mol. The lowest BCUT2D eigenvalue weighted by atomic mass is 9.91. The van der Waals surface area contributed by atoms with Gasteiger partial charge in [-0.05, 0) is 19.9 Å². The van der Waals surface area contributed by atoms with Gasteiger partial charge in [0.05, 0.1) is 43.8 Å². The van der Waals surface area contributed by atoms with E-state index in [2.05, 4.69) is 4.98 Å². The van der Waals surface area contributed by atoms with Gasteiger partial charge in [-0.25, -0.2) is 9.59 Å². The van der Waals surface area contributed by atoms with Crippen LogP contribution in [-0.4, -0.2) is 43.4 Å². The van der Waals surface area contributed by atoms with Gasteiger partial charge in [0, 0.05) is 11.1 Å². The van der Waals surface area contributed by atoms with Crippen molar-refractivity contribution in [2.45, 2.75) is 13.8 Å². The molecule has 2 rings (SSSR count). The first kappa shape index (κ1) is 18.3. The van der Waals surface area contributed by atoms with Gasteiger partial charge in [-0.2, -0.15) is 0 Å². The van der Waals surface area contributed by atoms with E-state index in [1.54, 1.807) is 32.0 Å². The fourth-order valence-corrected chi connectivity index (χ4v) is 2.82. The van der Waals surface area contributed by atoms with Gasteiger partial charge in [0.1, 0.15) is 0 Å². The van der Waals surface area contributed by atoms with Crippen LogP contribution in [0.3, 0.4) is 0 Å². The molecule has 0 saturated heterocycles. The summed E-state index contributed by atoms with van der Waals surface area (Å²) in [5, 5.41) is 9.70. The first-order chi connectivity index (χ1) is 11.9. The van der Waals surface area contributed by atoms with E-state index in [1.165, 1.54) is 21.3 Å². The maximum absolute atomic E-state index is 12.3. The first-order valence-electron chi connectivity index (χ1n) is 7.41. The van der Waals surface area contributed by atoms with Crippen molar-refractivity contribution in [1.29, 1.82) is 0 Å². The molecule has 0 aliphatic rings. The van der Waals surface area contributed by atoms with E-state index in [1.807, 2.05) is 0 Å². The van der Waals surface area contributed by atoms with Crippen LogP contribution < -0.4 is 9.47 Å². The summed E-state index contributed by atoms with van der Waals surface area (Å²) in [6.45, 7) is 3.20.